The highest BCUT2D eigenvalue weighted by atomic mass is 19.4. The van der Waals surface area contributed by atoms with Gasteiger partial charge in [-0.3, -0.25) is 14.8 Å². The Morgan fingerprint density at radius 3 is 2.52 bits per heavy atom. The minimum atomic E-state index is -4.49. The fourth-order valence-corrected chi connectivity index (χ4v) is 4.46. The molecule has 0 saturated carbocycles. The predicted octanol–water partition coefficient (Wildman–Crippen LogP) is 2.68. The van der Waals surface area contributed by atoms with Crippen molar-refractivity contribution in [2.75, 3.05) is 31.6 Å². The molecule has 2 fully saturated rings. The molecule has 1 amide bonds. The molecule has 4 rings (SSSR count). The normalized spacial score (nSPS) is 25.8. The zero-order chi connectivity index (χ0) is 20.8. The first-order valence-electron chi connectivity index (χ1n) is 9.81. The molecule has 3 atom stereocenters. The second kappa shape index (κ2) is 7.44. The van der Waals surface area contributed by atoms with E-state index in [1.165, 1.54) is 18.5 Å². The quantitative estimate of drug-likeness (QED) is 0.848. The molecule has 3 heterocycles. The molecule has 156 valence electrons. The first-order chi connectivity index (χ1) is 13.7. The zero-order valence-electron chi connectivity index (χ0n) is 16.4. The van der Waals surface area contributed by atoms with Crippen LogP contribution < -0.4 is 10.2 Å². The highest BCUT2D eigenvalue weighted by Crippen LogP contribution is 2.37. The molecular formula is C20H24F3N5O. The number of nitrogens with one attached hydrogen (secondary N) is 1. The van der Waals surface area contributed by atoms with Crippen molar-refractivity contribution in [1.82, 2.24) is 20.2 Å². The second-order valence-corrected chi connectivity index (χ2v) is 8.09. The Morgan fingerprint density at radius 1 is 1.14 bits per heavy atom. The average molecular weight is 407 g/mol. The van der Waals surface area contributed by atoms with E-state index in [1.807, 2.05) is 0 Å². The number of carbonyl (C=O) groups is 1. The topological polar surface area (TPSA) is 61.4 Å². The molecule has 9 heteroatoms. The average Bonchev–Trinajstić information content (AvgIpc) is 2.98. The highest BCUT2D eigenvalue weighted by Gasteiger charge is 2.36. The smallest absolute Gasteiger partial charge is 0.368 e. The molecule has 1 aromatic carbocycles. The summed E-state index contributed by atoms with van der Waals surface area (Å²) in [6.45, 7) is 4.17. The van der Waals surface area contributed by atoms with Crippen molar-refractivity contribution in [2.45, 2.75) is 38.0 Å². The number of rotatable bonds is 3. The van der Waals surface area contributed by atoms with E-state index in [2.05, 4.69) is 27.1 Å². The summed E-state index contributed by atoms with van der Waals surface area (Å²) in [6.07, 6.45) is -0.0982. The van der Waals surface area contributed by atoms with Gasteiger partial charge in [-0.2, -0.15) is 13.2 Å². The number of carbonyl (C=O) groups excluding carboxylic acids is 1. The molecule has 2 aliphatic heterocycles. The van der Waals surface area contributed by atoms with Crippen LogP contribution in [0.15, 0.2) is 24.5 Å². The van der Waals surface area contributed by atoms with E-state index in [1.54, 1.807) is 11.9 Å². The summed E-state index contributed by atoms with van der Waals surface area (Å²) in [5, 5.41) is 3.46. The Bertz CT molecular complexity index is 919. The van der Waals surface area contributed by atoms with Crippen LogP contribution in [0.5, 0.6) is 0 Å². The number of likely N-dealkylation sites (tertiary alicyclic amines) is 1. The molecule has 0 aliphatic carbocycles. The van der Waals surface area contributed by atoms with Gasteiger partial charge < -0.3 is 15.1 Å². The molecule has 2 saturated heterocycles. The van der Waals surface area contributed by atoms with Crippen molar-refractivity contribution in [3.05, 3.63) is 30.1 Å². The summed E-state index contributed by atoms with van der Waals surface area (Å²) in [6, 6.07) is 2.46. The van der Waals surface area contributed by atoms with Crippen LogP contribution in [0.1, 0.15) is 25.3 Å². The molecule has 0 radical (unpaired) electrons. The van der Waals surface area contributed by atoms with Gasteiger partial charge in [0.15, 0.2) is 0 Å². The van der Waals surface area contributed by atoms with Gasteiger partial charge in [0.05, 0.1) is 17.3 Å². The second-order valence-electron chi connectivity index (χ2n) is 8.09. The van der Waals surface area contributed by atoms with Gasteiger partial charge >= 0.3 is 6.18 Å². The number of fused-ring (bicyclic) bond motifs is 1. The van der Waals surface area contributed by atoms with Crippen molar-refractivity contribution in [1.29, 1.82) is 0 Å². The molecule has 0 spiro atoms. The third kappa shape index (κ3) is 3.88. The van der Waals surface area contributed by atoms with Gasteiger partial charge in [-0.05, 0) is 30.9 Å². The number of hydrogen-bond acceptors (Lipinski definition) is 5. The number of likely N-dealkylation sites (N-methyl/N-ethyl adjacent to an activating group) is 1. The van der Waals surface area contributed by atoms with Crippen LogP contribution in [0.2, 0.25) is 0 Å². The molecule has 1 unspecified atom stereocenters. The third-order valence-electron chi connectivity index (χ3n) is 5.77. The van der Waals surface area contributed by atoms with E-state index >= 15 is 0 Å². The number of hydrogen-bond donors (Lipinski definition) is 1. The Morgan fingerprint density at radius 2 is 1.86 bits per heavy atom. The molecule has 6 nitrogen and oxygen atoms in total. The lowest BCUT2D eigenvalue weighted by Crippen LogP contribution is -2.53. The van der Waals surface area contributed by atoms with Gasteiger partial charge in [-0.1, -0.05) is 6.92 Å². The number of alkyl halides is 3. The Hall–Kier alpha value is -2.42. The molecule has 2 aliphatic rings. The lowest BCUT2D eigenvalue weighted by Gasteiger charge is -2.39. The summed E-state index contributed by atoms with van der Waals surface area (Å²) in [7, 11) is 1.80. The van der Waals surface area contributed by atoms with E-state index in [0.717, 1.165) is 25.5 Å². The zero-order valence-corrected chi connectivity index (χ0v) is 16.4. The third-order valence-corrected chi connectivity index (χ3v) is 5.77. The monoisotopic (exact) mass is 407 g/mol. The summed E-state index contributed by atoms with van der Waals surface area (Å²) >= 11 is 0. The van der Waals surface area contributed by atoms with Gasteiger partial charge in [0.1, 0.15) is 11.0 Å². The van der Waals surface area contributed by atoms with Crippen molar-refractivity contribution >= 4 is 22.6 Å². The number of piperidine rings is 1. The SMILES string of the molecule is C[C@H]1C[C@@H](NC2CCN(C)C2=O)CN(c2ccc(C(F)(F)F)c3nccnc23)C1. The summed E-state index contributed by atoms with van der Waals surface area (Å²) < 4.78 is 40.2. The van der Waals surface area contributed by atoms with Gasteiger partial charge in [0, 0.05) is 45.1 Å². The van der Waals surface area contributed by atoms with E-state index in [0.29, 0.717) is 24.7 Å². The van der Waals surface area contributed by atoms with Gasteiger partial charge in [0.25, 0.3) is 0 Å². The van der Waals surface area contributed by atoms with Gasteiger partial charge in [0.2, 0.25) is 5.91 Å². The standard InChI is InChI=1S/C20H24F3N5O/c1-12-9-13(26-15-5-8-27(2)19(15)29)11-28(10-12)16-4-3-14(20(21,22)23)17-18(16)25-7-6-24-17/h3-4,6-7,12-13,15,26H,5,8-11H2,1-2H3/t12-,13+,15?/m0/s1. The minimum absolute atomic E-state index is 0.0771. The first-order valence-corrected chi connectivity index (χ1v) is 9.81. The van der Waals surface area contributed by atoms with Gasteiger partial charge in [-0.25, -0.2) is 0 Å². The fourth-order valence-electron chi connectivity index (χ4n) is 4.46. The largest absolute Gasteiger partial charge is 0.418 e. The molecular weight excluding hydrogens is 383 g/mol. The Kier molecular flexibility index (Phi) is 5.10. The summed E-state index contributed by atoms with van der Waals surface area (Å²) in [5.41, 5.74) is -0.00216. The Labute approximate surface area is 167 Å². The number of aromatic nitrogens is 2. The van der Waals surface area contributed by atoms with E-state index in [4.69, 9.17) is 0 Å². The van der Waals surface area contributed by atoms with Crippen molar-refractivity contribution in [3.8, 4) is 0 Å². The number of benzene rings is 1. The summed E-state index contributed by atoms with van der Waals surface area (Å²) in [5.74, 6) is 0.421. The number of amides is 1. The molecule has 1 N–H and O–H groups in total. The lowest BCUT2D eigenvalue weighted by atomic mass is 9.94. The van der Waals surface area contributed by atoms with Crippen molar-refractivity contribution in [3.63, 3.8) is 0 Å². The minimum Gasteiger partial charge on any atom is -0.368 e. The van der Waals surface area contributed by atoms with Crippen molar-refractivity contribution in [2.24, 2.45) is 5.92 Å². The Balaban J connectivity index is 1.62. The van der Waals surface area contributed by atoms with E-state index in [-0.39, 0.29) is 29.0 Å². The van der Waals surface area contributed by atoms with Crippen LogP contribution in [-0.2, 0) is 11.0 Å². The molecule has 2 aromatic rings. The maximum Gasteiger partial charge on any atom is 0.418 e. The maximum atomic E-state index is 13.4. The van der Waals surface area contributed by atoms with Crippen molar-refractivity contribution < 1.29 is 18.0 Å². The van der Waals surface area contributed by atoms with Gasteiger partial charge in [-0.15, -0.1) is 0 Å². The predicted molar refractivity (Wildman–Crippen MR) is 103 cm³/mol. The van der Waals surface area contributed by atoms with Crippen LogP contribution in [-0.4, -0.2) is 59.5 Å². The number of halogens is 3. The summed E-state index contributed by atoms with van der Waals surface area (Å²) in [4.78, 5) is 24.2. The lowest BCUT2D eigenvalue weighted by molar-refractivity contribution is -0.136. The molecule has 0 bridgehead atoms. The first kappa shape index (κ1) is 19.9. The van der Waals surface area contributed by atoms with Crippen LogP contribution in [0.3, 0.4) is 0 Å². The van der Waals surface area contributed by atoms with Crippen LogP contribution in [0, 0.1) is 5.92 Å². The molecule has 29 heavy (non-hydrogen) atoms. The number of anilines is 1. The van der Waals surface area contributed by atoms with Crippen LogP contribution in [0.4, 0.5) is 18.9 Å². The highest BCUT2D eigenvalue weighted by molar-refractivity contribution is 5.91. The van der Waals surface area contributed by atoms with E-state index in [9.17, 15) is 18.0 Å². The fraction of sp³-hybridized carbons (Fsp3) is 0.550. The molecule has 1 aromatic heterocycles. The van der Waals surface area contributed by atoms with Crippen LogP contribution in [0.25, 0.3) is 11.0 Å². The van der Waals surface area contributed by atoms with Crippen LogP contribution >= 0.6 is 0 Å². The number of nitrogens with zero attached hydrogens (tertiary/aromatic N) is 4. The maximum absolute atomic E-state index is 13.4. The van der Waals surface area contributed by atoms with E-state index < -0.39 is 11.7 Å².